The highest BCUT2D eigenvalue weighted by atomic mass is 16.5. The molecule has 2 amide bonds. The summed E-state index contributed by atoms with van der Waals surface area (Å²) in [6, 6.07) is 7.46. The normalized spacial score (nSPS) is 20.0. The highest BCUT2D eigenvalue weighted by Gasteiger charge is 2.35. The van der Waals surface area contributed by atoms with Crippen molar-refractivity contribution in [3.8, 4) is 28.4 Å². The van der Waals surface area contributed by atoms with Crippen LogP contribution in [0.5, 0.6) is 17.2 Å². The molecule has 0 spiro atoms. The van der Waals surface area contributed by atoms with E-state index in [1.54, 1.807) is 40.6 Å². The van der Waals surface area contributed by atoms with E-state index in [-0.39, 0.29) is 23.3 Å². The minimum Gasteiger partial charge on any atom is -0.493 e. The van der Waals surface area contributed by atoms with Gasteiger partial charge in [-0.1, -0.05) is 12.5 Å². The summed E-state index contributed by atoms with van der Waals surface area (Å²) in [5, 5.41) is 6.36. The molecule has 5 rings (SSSR count). The molecule has 2 heterocycles. The van der Waals surface area contributed by atoms with Crippen molar-refractivity contribution in [1.29, 1.82) is 0 Å². The zero-order chi connectivity index (χ0) is 35.6. The van der Waals surface area contributed by atoms with E-state index in [4.69, 9.17) is 18.9 Å². The van der Waals surface area contributed by atoms with Crippen LogP contribution in [0.25, 0.3) is 11.1 Å². The maximum Gasteiger partial charge on any atom is 0.222 e. The molecule has 2 aliphatic heterocycles. The summed E-state index contributed by atoms with van der Waals surface area (Å²) in [6.45, 7) is 6.46. The molecule has 0 saturated carbocycles. The fourth-order valence-corrected chi connectivity index (χ4v) is 8.27. The number of nitrogens with zero attached hydrogens (tertiary/aromatic N) is 2. The average Bonchev–Trinajstić information content (AvgIpc) is 3.36. The number of nitrogens with one attached hydrogen (secondary N) is 2. The van der Waals surface area contributed by atoms with Gasteiger partial charge in [0.15, 0.2) is 11.5 Å². The lowest BCUT2D eigenvalue weighted by atomic mass is 9.83. The SMILES string of the molecule is COCCCN(CC1CCCN2CCCCC12)C(=O)CCCNc1ccc2c(cc1=O)C(NC(C)=O)CCc1cc(OC)c(OC)c(OC)c1-2. The van der Waals surface area contributed by atoms with Gasteiger partial charge in [0.2, 0.25) is 23.0 Å². The molecular formula is C39H56N4O7. The average molecular weight is 693 g/mol. The molecule has 1 aliphatic carbocycles. The van der Waals surface area contributed by atoms with Crippen molar-refractivity contribution >= 4 is 17.5 Å². The third-order valence-electron chi connectivity index (χ3n) is 10.6. The molecule has 3 atom stereocenters. The lowest BCUT2D eigenvalue weighted by molar-refractivity contribution is -0.133. The van der Waals surface area contributed by atoms with Gasteiger partial charge >= 0.3 is 0 Å². The zero-order valence-corrected chi connectivity index (χ0v) is 30.6. The summed E-state index contributed by atoms with van der Waals surface area (Å²) in [6.07, 6.45) is 9.21. The topological polar surface area (TPSA) is 119 Å². The number of methoxy groups -OCH3 is 4. The summed E-state index contributed by atoms with van der Waals surface area (Å²) in [5.74, 6) is 2.03. The molecule has 2 N–H and O–H groups in total. The number of amides is 2. The number of hydrogen-bond donors (Lipinski definition) is 2. The summed E-state index contributed by atoms with van der Waals surface area (Å²) in [5.41, 5.74) is 3.52. The van der Waals surface area contributed by atoms with E-state index >= 15 is 0 Å². The van der Waals surface area contributed by atoms with Gasteiger partial charge in [0.25, 0.3) is 0 Å². The minimum absolute atomic E-state index is 0.162. The van der Waals surface area contributed by atoms with Gasteiger partial charge < -0.3 is 39.4 Å². The highest BCUT2D eigenvalue weighted by Crippen LogP contribution is 2.50. The number of piperidine rings is 2. The fraction of sp³-hybridized carbons (Fsp3) is 0.615. The molecular weight excluding hydrogens is 636 g/mol. The molecule has 274 valence electrons. The molecule has 11 nitrogen and oxygen atoms in total. The number of carbonyl (C=O) groups is 2. The Balaban J connectivity index is 1.33. The number of benzene rings is 1. The van der Waals surface area contributed by atoms with Crippen LogP contribution in [0.2, 0.25) is 0 Å². The number of carbonyl (C=O) groups excluding carboxylic acids is 2. The molecule has 0 aromatic heterocycles. The first kappa shape index (κ1) is 37.4. The second-order valence-electron chi connectivity index (χ2n) is 13.8. The Labute approximate surface area is 297 Å². The Morgan fingerprint density at radius 2 is 1.74 bits per heavy atom. The van der Waals surface area contributed by atoms with Crippen LogP contribution in [0.1, 0.15) is 81.9 Å². The molecule has 0 bridgehead atoms. The van der Waals surface area contributed by atoms with Crippen LogP contribution in [0.4, 0.5) is 5.69 Å². The first-order valence-electron chi connectivity index (χ1n) is 18.3. The van der Waals surface area contributed by atoms with Crippen molar-refractivity contribution in [1.82, 2.24) is 15.1 Å². The van der Waals surface area contributed by atoms with E-state index in [0.29, 0.717) is 85.8 Å². The third kappa shape index (κ3) is 8.72. The van der Waals surface area contributed by atoms with Crippen LogP contribution in [0.15, 0.2) is 29.1 Å². The molecule has 11 heteroatoms. The van der Waals surface area contributed by atoms with Crippen molar-refractivity contribution in [3.05, 3.63) is 45.6 Å². The smallest absolute Gasteiger partial charge is 0.222 e. The molecule has 50 heavy (non-hydrogen) atoms. The predicted octanol–water partition coefficient (Wildman–Crippen LogP) is 5.18. The van der Waals surface area contributed by atoms with Crippen molar-refractivity contribution in [2.24, 2.45) is 5.92 Å². The lowest BCUT2D eigenvalue weighted by Gasteiger charge is -2.45. The number of hydrogen-bond acceptors (Lipinski definition) is 9. The van der Waals surface area contributed by atoms with Crippen LogP contribution in [-0.2, 0) is 20.7 Å². The first-order chi connectivity index (χ1) is 24.3. The standard InChI is InChI=1S/C39H56N4O7/c1-26(44)41-31-16-14-27-23-35(48-3)38(49-4)39(50-5)37(27)29-15-17-32(34(45)24-30(29)31)40-18-8-13-36(46)43(21-10-22-47-2)25-28-11-9-20-42-19-7-6-12-33(28)42/h15,17,23-24,28,31,33H,6-14,16,18-22,25H2,1-5H3,(H,40,45)(H,41,44). The van der Waals surface area contributed by atoms with E-state index in [9.17, 15) is 14.4 Å². The molecule has 3 aliphatic rings. The van der Waals surface area contributed by atoms with E-state index in [1.807, 2.05) is 12.1 Å². The third-order valence-corrected chi connectivity index (χ3v) is 10.6. The first-order valence-corrected chi connectivity index (χ1v) is 18.3. The number of aryl methyl sites for hydroxylation is 1. The number of ether oxygens (including phenoxy) is 4. The monoisotopic (exact) mass is 692 g/mol. The van der Waals surface area contributed by atoms with Crippen molar-refractivity contribution in [3.63, 3.8) is 0 Å². The molecule has 0 radical (unpaired) electrons. The zero-order valence-electron chi connectivity index (χ0n) is 30.6. The van der Waals surface area contributed by atoms with Gasteiger partial charge in [-0.05, 0) is 105 Å². The maximum atomic E-state index is 13.7. The minimum atomic E-state index is -0.379. The van der Waals surface area contributed by atoms with E-state index in [1.165, 1.54) is 52.1 Å². The Morgan fingerprint density at radius 3 is 2.48 bits per heavy atom. The largest absolute Gasteiger partial charge is 0.493 e. The van der Waals surface area contributed by atoms with Gasteiger partial charge in [0, 0.05) is 58.3 Å². The van der Waals surface area contributed by atoms with Crippen molar-refractivity contribution in [2.75, 3.05) is 73.1 Å². The van der Waals surface area contributed by atoms with Gasteiger partial charge in [-0.25, -0.2) is 0 Å². The lowest BCUT2D eigenvalue weighted by Crippen LogP contribution is -2.51. The number of anilines is 1. The quantitative estimate of drug-likeness (QED) is 0.244. The Hall–Kier alpha value is -3.83. The molecule has 2 fully saturated rings. The summed E-state index contributed by atoms with van der Waals surface area (Å²) < 4.78 is 22.5. The second-order valence-corrected chi connectivity index (χ2v) is 13.8. The Bertz CT molecular complexity index is 1550. The van der Waals surface area contributed by atoms with Gasteiger partial charge in [0.1, 0.15) is 0 Å². The predicted molar refractivity (Wildman–Crippen MR) is 195 cm³/mol. The van der Waals surface area contributed by atoms with E-state index in [2.05, 4.69) is 20.4 Å². The summed E-state index contributed by atoms with van der Waals surface area (Å²) in [4.78, 5) is 44.3. The molecule has 2 aromatic rings. The Kier molecular flexibility index (Phi) is 13.4. The summed E-state index contributed by atoms with van der Waals surface area (Å²) in [7, 11) is 6.44. The highest BCUT2D eigenvalue weighted by molar-refractivity contribution is 5.84. The molecule has 2 saturated heterocycles. The van der Waals surface area contributed by atoms with Crippen LogP contribution in [-0.4, -0.2) is 95.4 Å². The van der Waals surface area contributed by atoms with Crippen LogP contribution in [0.3, 0.4) is 0 Å². The van der Waals surface area contributed by atoms with Crippen molar-refractivity contribution in [2.45, 2.75) is 83.2 Å². The van der Waals surface area contributed by atoms with Crippen LogP contribution < -0.4 is 30.3 Å². The fourth-order valence-electron chi connectivity index (χ4n) is 8.27. The van der Waals surface area contributed by atoms with E-state index < -0.39 is 0 Å². The molecule has 2 aromatic carbocycles. The van der Waals surface area contributed by atoms with Gasteiger partial charge in [-0.3, -0.25) is 14.4 Å². The van der Waals surface area contributed by atoms with Gasteiger partial charge in [-0.15, -0.1) is 0 Å². The summed E-state index contributed by atoms with van der Waals surface area (Å²) >= 11 is 0. The van der Waals surface area contributed by atoms with Gasteiger partial charge in [-0.2, -0.15) is 0 Å². The second kappa shape index (κ2) is 17.9. The Morgan fingerprint density at radius 1 is 0.940 bits per heavy atom. The number of fused-ring (bicyclic) bond motifs is 4. The van der Waals surface area contributed by atoms with Crippen LogP contribution in [0, 0.1) is 5.92 Å². The van der Waals surface area contributed by atoms with Crippen LogP contribution >= 0.6 is 0 Å². The van der Waals surface area contributed by atoms with Crippen molar-refractivity contribution < 1.29 is 28.5 Å². The maximum absolute atomic E-state index is 13.7. The van der Waals surface area contributed by atoms with Gasteiger partial charge in [0.05, 0.1) is 33.1 Å². The molecule has 3 unspecified atom stereocenters. The van der Waals surface area contributed by atoms with E-state index in [0.717, 1.165) is 29.7 Å². The number of rotatable bonds is 15.